The zero-order valence-corrected chi connectivity index (χ0v) is 6.89. The lowest BCUT2D eigenvalue weighted by atomic mass is 10.2. The predicted molar refractivity (Wildman–Crippen MR) is 48.0 cm³/mol. The van der Waals surface area contributed by atoms with Gasteiger partial charge in [0.05, 0.1) is 17.7 Å². The van der Waals surface area contributed by atoms with Crippen molar-refractivity contribution in [3.05, 3.63) is 30.4 Å². The molecule has 0 atom stereocenters. The second kappa shape index (κ2) is 3.19. The van der Waals surface area contributed by atoms with Gasteiger partial charge in [-0.05, 0) is 25.5 Å². The van der Waals surface area contributed by atoms with Gasteiger partial charge in [-0.15, -0.1) is 0 Å². The SMILES string of the molecule is C=Cc1[nH]cnc1/C(C)=C\C. The van der Waals surface area contributed by atoms with Crippen LogP contribution in [0.15, 0.2) is 19.0 Å². The molecule has 0 aliphatic carbocycles. The summed E-state index contributed by atoms with van der Waals surface area (Å²) in [4.78, 5) is 7.16. The highest BCUT2D eigenvalue weighted by atomic mass is 14.9. The maximum absolute atomic E-state index is 4.16. The molecule has 0 amide bonds. The van der Waals surface area contributed by atoms with Crippen molar-refractivity contribution in [2.45, 2.75) is 13.8 Å². The fourth-order valence-electron chi connectivity index (χ4n) is 0.911. The summed E-state index contributed by atoms with van der Waals surface area (Å²) in [6.45, 7) is 7.71. The van der Waals surface area contributed by atoms with Crippen molar-refractivity contribution >= 4 is 11.6 Å². The van der Waals surface area contributed by atoms with Gasteiger partial charge in [0, 0.05) is 0 Å². The van der Waals surface area contributed by atoms with Crippen LogP contribution in [0.25, 0.3) is 11.6 Å². The third-order valence-electron chi connectivity index (χ3n) is 1.68. The number of imidazole rings is 1. The van der Waals surface area contributed by atoms with Gasteiger partial charge in [-0.2, -0.15) is 0 Å². The smallest absolute Gasteiger partial charge is 0.0931 e. The standard InChI is InChI=1S/C9H12N2/c1-4-7(3)9-8(5-2)10-6-11-9/h4-6H,2H2,1,3H3,(H,10,11)/b7-4-. The van der Waals surface area contributed by atoms with Gasteiger partial charge in [-0.25, -0.2) is 4.98 Å². The van der Waals surface area contributed by atoms with Crippen LogP contribution in [0.3, 0.4) is 0 Å². The van der Waals surface area contributed by atoms with Gasteiger partial charge in [-0.3, -0.25) is 0 Å². The summed E-state index contributed by atoms with van der Waals surface area (Å²) in [7, 11) is 0. The van der Waals surface area contributed by atoms with Crippen LogP contribution in [0.4, 0.5) is 0 Å². The maximum atomic E-state index is 4.16. The lowest BCUT2D eigenvalue weighted by molar-refractivity contribution is 1.29. The minimum Gasteiger partial charge on any atom is -0.345 e. The second-order valence-electron chi connectivity index (χ2n) is 2.34. The normalized spacial score (nSPS) is 11.6. The van der Waals surface area contributed by atoms with E-state index in [1.54, 1.807) is 12.4 Å². The van der Waals surface area contributed by atoms with Crippen LogP contribution in [0.5, 0.6) is 0 Å². The first kappa shape index (κ1) is 7.79. The highest BCUT2D eigenvalue weighted by molar-refractivity contribution is 5.67. The molecule has 0 spiro atoms. The predicted octanol–water partition coefficient (Wildman–Crippen LogP) is 2.48. The number of allylic oxidation sites excluding steroid dienone is 2. The highest BCUT2D eigenvalue weighted by Crippen LogP contribution is 2.14. The van der Waals surface area contributed by atoms with Crippen LogP contribution in [0.1, 0.15) is 25.2 Å². The first-order valence-electron chi connectivity index (χ1n) is 3.58. The molecule has 0 bridgehead atoms. The Morgan fingerprint density at radius 3 is 3.00 bits per heavy atom. The van der Waals surface area contributed by atoms with E-state index in [1.165, 1.54) is 5.57 Å². The highest BCUT2D eigenvalue weighted by Gasteiger charge is 2.01. The van der Waals surface area contributed by atoms with Crippen LogP contribution in [-0.4, -0.2) is 9.97 Å². The molecule has 11 heavy (non-hydrogen) atoms. The van der Waals surface area contributed by atoms with E-state index in [0.717, 1.165) is 11.4 Å². The zero-order chi connectivity index (χ0) is 8.27. The van der Waals surface area contributed by atoms with Crippen molar-refractivity contribution in [1.29, 1.82) is 0 Å². The molecule has 2 heteroatoms. The van der Waals surface area contributed by atoms with E-state index in [0.29, 0.717) is 0 Å². The number of aromatic amines is 1. The molecule has 58 valence electrons. The summed E-state index contributed by atoms with van der Waals surface area (Å²) < 4.78 is 0. The Morgan fingerprint density at radius 1 is 1.73 bits per heavy atom. The lowest BCUT2D eigenvalue weighted by Crippen LogP contribution is -1.82. The lowest BCUT2D eigenvalue weighted by Gasteiger charge is -1.95. The fraction of sp³-hybridized carbons (Fsp3) is 0.222. The minimum absolute atomic E-state index is 0.987. The summed E-state index contributed by atoms with van der Waals surface area (Å²) in [5, 5.41) is 0. The Kier molecular flexibility index (Phi) is 2.26. The Hall–Kier alpha value is -1.31. The molecule has 0 fully saturated rings. The van der Waals surface area contributed by atoms with E-state index in [1.807, 2.05) is 19.9 Å². The Balaban J connectivity index is 3.12. The van der Waals surface area contributed by atoms with Crippen molar-refractivity contribution in [2.24, 2.45) is 0 Å². The zero-order valence-electron chi connectivity index (χ0n) is 6.89. The molecule has 0 saturated heterocycles. The van der Waals surface area contributed by atoms with Crippen molar-refractivity contribution < 1.29 is 0 Å². The number of nitrogens with one attached hydrogen (secondary N) is 1. The summed E-state index contributed by atoms with van der Waals surface area (Å²) in [5.74, 6) is 0. The topological polar surface area (TPSA) is 28.7 Å². The van der Waals surface area contributed by atoms with Crippen molar-refractivity contribution in [2.75, 3.05) is 0 Å². The monoisotopic (exact) mass is 148 g/mol. The van der Waals surface area contributed by atoms with Gasteiger partial charge in [0.25, 0.3) is 0 Å². The molecule has 0 aliphatic heterocycles. The number of hydrogen-bond donors (Lipinski definition) is 1. The average Bonchev–Trinajstić information content (AvgIpc) is 2.50. The van der Waals surface area contributed by atoms with Gasteiger partial charge in [0.15, 0.2) is 0 Å². The first-order chi connectivity index (χ1) is 5.29. The van der Waals surface area contributed by atoms with Gasteiger partial charge in [0.1, 0.15) is 0 Å². The van der Waals surface area contributed by atoms with E-state index in [4.69, 9.17) is 0 Å². The second-order valence-corrected chi connectivity index (χ2v) is 2.34. The molecule has 0 unspecified atom stereocenters. The average molecular weight is 148 g/mol. The Bertz CT molecular complexity index is 282. The molecular weight excluding hydrogens is 136 g/mol. The molecule has 0 aromatic carbocycles. The first-order valence-corrected chi connectivity index (χ1v) is 3.58. The summed E-state index contributed by atoms with van der Waals surface area (Å²) in [6.07, 6.45) is 5.48. The van der Waals surface area contributed by atoms with E-state index >= 15 is 0 Å². The molecule has 1 aromatic heterocycles. The van der Waals surface area contributed by atoms with Gasteiger partial charge in [0.2, 0.25) is 0 Å². The van der Waals surface area contributed by atoms with E-state index in [9.17, 15) is 0 Å². The molecule has 1 rings (SSSR count). The molecule has 1 N–H and O–H groups in total. The van der Waals surface area contributed by atoms with E-state index in [2.05, 4.69) is 16.5 Å². The number of H-pyrrole nitrogens is 1. The van der Waals surface area contributed by atoms with Crippen LogP contribution in [0.2, 0.25) is 0 Å². The molecular formula is C9H12N2. The van der Waals surface area contributed by atoms with Crippen LogP contribution < -0.4 is 0 Å². The molecule has 1 aromatic rings. The fourth-order valence-corrected chi connectivity index (χ4v) is 0.911. The molecule has 0 radical (unpaired) electrons. The van der Waals surface area contributed by atoms with Gasteiger partial charge >= 0.3 is 0 Å². The number of hydrogen-bond acceptors (Lipinski definition) is 1. The summed E-state index contributed by atoms with van der Waals surface area (Å²) >= 11 is 0. The quantitative estimate of drug-likeness (QED) is 0.685. The molecule has 1 heterocycles. The maximum Gasteiger partial charge on any atom is 0.0931 e. The van der Waals surface area contributed by atoms with Crippen molar-refractivity contribution in [3.8, 4) is 0 Å². The molecule has 0 aliphatic rings. The van der Waals surface area contributed by atoms with Crippen molar-refractivity contribution in [1.82, 2.24) is 9.97 Å². The van der Waals surface area contributed by atoms with Crippen LogP contribution in [-0.2, 0) is 0 Å². The third-order valence-corrected chi connectivity index (χ3v) is 1.68. The minimum atomic E-state index is 0.987. The number of aromatic nitrogens is 2. The summed E-state index contributed by atoms with van der Waals surface area (Å²) in [6, 6.07) is 0. The van der Waals surface area contributed by atoms with Crippen LogP contribution >= 0.6 is 0 Å². The van der Waals surface area contributed by atoms with E-state index in [-0.39, 0.29) is 0 Å². The van der Waals surface area contributed by atoms with E-state index < -0.39 is 0 Å². The Morgan fingerprint density at radius 2 is 2.45 bits per heavy atom. The van der Waals surface area contributed by atoms with Gasteiger partial charge in [-0.1, -0.05) is 12.7 Å². The number of nitrogens with zero attached hydrogens (tertiary/aromatic N) is 1. The molecule has 2 nitrogen and oxygen atoms in total. The van der Waals surface area contributed by atoms with Crippen molar-refractivity contribution in [3.63, 3.8) is 0 Å². The van der Waals surface area contributed by atoms with Gasteiger partial charge < -0.3 is 4.98 Å². The summed E-state index contributed by atoms with van der Waals surface area (Å²) in [5.41, 5.74) is 3.14. The number of rotatable bonds is 2. The third kappa shape index (κ3) is 1.40. The Labute approximate surface area is 66.7 Å². The largest absolute Gasteiger partial charge is 0.345 e. The van der Waals surface area contributed by atoms with Crippen LogP contribution in [0, 0.1) is 0 Å². The molecule has 0 saturated carbocycles.